The smallest absolute Gasteiger partial charge is 0.298 e. The summed E-state index contributed by atoms with van der Waals surface area (Å²) in [5.74, 6) is 5.68. The lowest BCUT2D eigenvalue weighted by Crippen LogP contribution is -2.44. The van der Waals surface area contributed by atoms with E-state index in [1.54, 1.807) is 18.0 Å². The molecule has 0 spiro atoms. The molecule has 1 aliphatic rings. The van der Waals surface area contributed by atoms with Crippen molar-refractivity contribution < 1.29 is 4.79 Å². The first-order valence-electron chi connectivity index (χ1n) is 5.82. The van der Waals surface area contributed by atoms with Crippen LogP contribution in [0.25, 0.3) is 0 Å². The molecule has 0 bridgehead atoms. The maximum absolute atomic E-state index is 11.6. The van der Waals surface area contributed by atoms with E-state index in [2.05, 4.69) is 22.9 Å². The van der Waals surface area contributed by atoms with Crippen molar-refractivity contribution in [2.75, 3.05) is 7.05 Å². The van der Waals surface area contributed by atoms with Crippen LogP contribution in [-0.2, 0) is 4.79 Å². The Hall–Kier alpha value is -1.82. The first-order chi connectivity index (χ1) is 8.22. The molecule has 0 radical (unpaired) electrons. The van der Waals surface area contributed by atoms with Gasteiger partial charge in [-0.2, -0.15) is 0 Å². The van der Waals surface area contributed by atoms with Crippen molar-refractivity contribution >= 4 is 5.91 Å². The molecule has 1 amide bonds. The normalized spacial score (nSPS) is 22.0. The maximum atomic E-state index is 11.6. The fraction of sp³-hybridized carbons (Fsp3) is 0.429. The molecule has 0 aromatic carbocycles. The van der Waals surface area contributed by atoms with Crippen molar-refractivity contribution in [3.8, 4) is 11.8 Å². The summed E-state index contributed by atoms with van der Waals surface area (Å²) >= 11 is 0. The van der Waals surface area contributed by atoms with Crippen molar-refractivity contribution in [3.05, 3.63) is 30.1 Å². The largest absolute Gasteiger partial charge is 0.332 e. The minimum atomic E-state index is -0.0814. The Kier molecular flexibility index (Phi) is 3.43. The fourth-order valence-corrected chi connectivity index (χ4v) is 2.15. The van der Waals surface area contributed by atoms with Crippen LogP contribution >= 0.6 is 0 Å². The Balaban J connectivity index is 1.90. The van der Waals surface area contributed by atoms with Gasteiger partial charge in [-0.05, 0) is 43.2 Å². The van der Waals surface area contributed by atoms with E-state index >= 15 is 0 Å². The third kappa shape index (κ3) is 2.47. The van der Waals surface area contributed by atoms with Gasteiger partial charge in [0, 0.05) is 25.5 Å². The van der Waals surface area contributed by atoms with Gasteiger partial charge in [0.2, 0.25) is 0 Å². The molecule has 1 aromatic rings. The molecule has 1 fully saturated rings. The van der Waals surface area contributed by atoms with Crippen LogP contribution in [0.2, 0.25) is 0 Å². The molecular formula is C14H16N2O. The van der Waals surface area contributed by atoms with Gasteiger partial charge in [-0.3, -0.25) is 9.78 Å². The number of carbonyl (C=O) groups excluding carboxylic acids is 1. The van der Waals surface area contributed by atoms with E-state index in [-0.39, 0.29) is 5.91 Å². The van der Waals surface area contributed by atoms with Crippen molar-refractivity contribution in [1.82, 2.24) is 9.88 Å². The average molecular weight is 228 g/mol. The molecule has 2 rings (SSSR count). The summed E-state index contributed by atoms with van der Waals surface area (Å²) in [6.07, 6.45) is 5.72. The molecule has 0 saturated heterocycles. The lowest BCUT2D eigenvalue weighted by molar-refractivity contribution is -0.127. The molecule has 88 valence electrons. The first kappa shape index (κ1) is 11.7. The SMILES string of the molecule is CC#CC(=O)N(C)C1CC(c2cccnc2)C1. The van der Waals surface area contributed by atoms with Crippen LogP contribution in [0.3, 0.4) is 0 Å². The van der Waals surface area contributed by atoms with E-state index in [0.717, 1.165) is 12.8 Å². The fourth-order valence-electron chi connectivity index (χ4n) is 2.15. The molecule has 3 nitrogen and oxygen atoms in total. The van der Waals surface area contributed by atoms with Gasteiger partial charge in [0.1, 0.15) is 0 Å². The summed E-state index contributed by atoms with van der Waals surface area (Å²) in [6, 6.07) is 4.38. The van der Waals surface area contributed by atoms with E-state index in [0.29, 0.717) is 12.0 Å². The van der Waals surface area contributed by atoms with Crippen LogP contribution in [0.4, 0.5) is 0 Å². The highest BCUT2D eigenvalue weighted by Gasteiger charge is 2.34. The standard InChI is InChI=1S/C14H16N2O/c1-3-5-14(17)16(2)13-8-12(9-13)11-6-4-7-15-10-11/h4,6-7,10,12-13H,8-9H2,1-2H3. The molecule has 1 saturated carbocycles. The second-order valence-electron chi connectivity index (χ2n) is 4.40. The number of nitrogens with zero attached hydrogens (tertiary/aromatic N) is 2. The van der Waals surface area contributed by atoms with Gasteiger partial charge in [0.25, 0.3) is 5.91 Å². The molecule has 0 atom stereocenters. The van der Waals surface area contributed by atoms with Gasteiger partial charge in [0.05, 0.1) is 0 Å². The summed E-state index contributed by atoms with van der Waals surface area (Å²) in [4.78, 5) is 17.4. The zero-order valence-corrected chi connectivity index (χ0v) is 10.2. The zero-order chi connectivity index (χ0) is 12.3. The summed E-state index contributed by atoms with van der Waals surface area (Å²) in [7, 11) is 1.83. The van der Waals surface area contributed by atoms with E-state index < -0.39 is 0 Å². The maximum Gasteiger partial charge on any atom is 0.298 e. The molecule has 3 heteroatoms. The van der Waals surface area contributed by atoms with Crippen molar-refractivity contribution in [2.45, 2.75) is 31.7 Å². The minimum absolute atomic E-state index is 0.0814. The number of aromatic nitrogens is 1. The highest BCUT2D eigenvalue weighted by Crippen LogP contribution is 2.38. The van der Waals surface area contributed by atoms with Gasteiger partial charge in [-0.1, -0.05) is 12.0 Å². The number of carbonyl (C=O) groups is 1. The number of pyridine rings is 1. The molecule has 0 aliphatic heterocycles. The Morgan fingerprint density at radius 1 is 1.53 bits per heavy atom. The molecular weight excluding hydrogens is 212 g/mol. The quantitative estimate of drug-likeness (QED) is 0.723. The highest BCUT2D eigenvalue weighted by molar-refractivity contribution is 5.93. The number of amides is 1. The van der Waals surface area contributed by atoms with Gasteiger partial charge in [0.15, 0.2) is 0 Å². The Morgan fingerprint density at radius 2 is 2.29 bits per heavy atom. The molecule has 0 N–H and O–H groups in total. The molecule has 0 unspecified atom stereocenters. The van der Waals surface area contributed by atoms with Gasteiger partial charge < -0.3 is 4.90 Å². The van der Waals surface area contributed by atoms with Crippen LogP contribution in [0.5, 0.6) is 0 Å². The van der Waals surface area contributed by atoms with Crippen LogP contribution < -0.4 is 0 Å². The predicted molar refractivity (Wildman–Crippen MR) is 66.2 cm³/mol. The minimum Gasteiger partial charge on any atom is -0.332 e. The van der Waals surface area contributed by atoms with Crippen molar-refractivity contribution in [1.29, 1.82) is 0 Å². The molecule has 1 heterocycles. The summed E-state index contributed by atoms with van der Waals surface area (Å²) in [5, 5.41) is 0. The second kappa shape index (κ2) is 5.01. The average Bonchev–Trinajstić information content (AvgIpc) is 2.28. The summed E-state index contributed by atoms with van der Waals surface area (Å²) in [6.45, 7) is 1.69. The van der Waals surface area contributed by atoms with E-state index in [1.165, 1.54) is 5.56 Å². The third-order valence-electron chi connectivity index (χ3n) is 3.37. The first-order valence-corrected chi connectivity index (χ1v) is 5.82. The van der Waals surface area contributed by atoms with Gasteiger partial charge in [-0.15, -0.1) is 0 Å². The van der Waals surface area contributed by atoms with Crippen LogP contribution in [-0.4, -0.2) is 28.9 Å². The Labute approximate surface area is 102 Å². The van der Waals surface area contributed by atoms with Crippen LogP contribution in [0.15, 0.2) is 24.5 Å². The number of rotatable bonds is 2. The van der Waals surface area contributed by atoms with Crippen molar-refractivity contribution in [3.63, 3.8) is 0 Å². The second-order valence-corrected chi connectivity index (χ2v) is 4.40. The topological polar surface area (TPSA) is 33.2 Å². The lowest BCUT2D eigenvalue weighted by atomic mass is 9.75. The molecule has 1 aromatic heterocycles. The van der Waals surface area contributed by atoms with E-state index in [1.807, 2.05) is 19.3 Å². The van der Waals surface area contributed by atoms with E-state index in [9.17, 15) is 4.79 Å². The van der Waals surface area contributed by atoms with E-state index in [4.69, 9.17) is 0 Å². The highest BCUT2D eigenvalue weighted by atomic mass is 16.2. The van der Waals surface area contributed by atoms with Gasteiger partial charge in [-0.25, -0.2) is 0 Å². The number of hydrogen-bond donors (Lipinski definition) is 0. The van der Waals surface area contributed by atoms with Crippen LogP contribution in [0.1, 0.15) is 31.2 Å². The Morgan fingerprint density at radius 3 is 2.88 bits per heavy atom. The third-order valence-corrected chi connectivity index (χ3v) is 3.37. The Bertz CT molecular complexity index is 452. The summed E-state index contributed by atoms with van der Waals surface area (Å²) in [5.41, 5.74) is 1.27. The van der Waals surface area contributed by atoms with Crippen LogP contribution in [0, 0.1) is 11.8 Å². The van der Waals surface area contributed by atoms with Gasteiger partial charge >= 0.3 is 0 Å². The molecule has 17 heavy (non-hydrogen) atoms. The lowest BCUT2D eigenvalue weighted by Gasteiger charge is -2.40. The monoisotopic (exact) mass is 228 g/mol. The summed E-state index contributed by atoms with van der Waals surface area (Å²) < 4.78 is 0. The number of hydrogen-bond acceptors (Lipinski definition) is 2. The van der Waals surface area contributed by atoms with Crippen molar-refractivity contribution in [2.24, 2.45) is 0 Å². The zero-order valence-electron chi connectivity index (χ0n) is 10.2. The predicted octanol–water partition coefficient (Wildman–Crippen LogP) is 1.81. The molecule has 1 aliphatic carbocycles.